The summed E-state index contributed by atoms with van der Waals surface area (Å²) in [5, 5.41) is 0. The Morgan fingerprint density at radius 2 is 1.71 bits per heavy atom. The number of carbonyl (C=O) groups is 2. The molecule has 0 N–H and O–H groups in total. The van der Waals surface area contributed by atoms with E-state index in [1.807, 2.05) is 0 Å². The lowest BCUT2D eigenvalue weighted by atomic mass is 10.0. The fraction of sp³-hybridized carbons (Fsp3) is 0.222. The number of carbonyl (C=O) groups excluding carboxylic acids is 2. The number of benzene rings is 1. The first kappa shape index (κ1) is 19.9. The number of halogens is 3. The fourth-order valence-electron chi connectivity index (χ4n) is 2.79. The zero-order valence-corrected chi connectivity index (χ0v) is 15.0. The molecule has 1 aliphatic heterocycles. The molecule has 1 fully saturated rings. The molecule has 1 aromatic carbocycles. The Labute approximate surface area is 158 Å². The molecule has 148 valence electrons. The Morgan fingerprint density at radius 3 is 2.36 bits per heavy atom. The molecule has 1 unspecified atom stereocenters. The fourth-order valence-corrected chi connectivity index (χ4v) is 3.25. The standard InChI is InChI=1S/C18H14F3NO5S/c19-18(20,21)28(25,26)27-13-8-6-12(7-9-13)10-11-22-16(23)14-4-2-1-3-5-15(14)17(22)24/h1-9,14H,10-11H2. The summed E-state index contributed by atoms with van der Waals surface area (Å²) in [5.41, 5.74) is -4.54. The summed E-state index contributed by atoms with van der Waals surface area (Å²) in [6, 6.07) is 4.89. The number of imide groups is 1. The third kappa shape index (κ3) is 3.86. The summed E-state index contributed by atoms with van der Waals surface area (Å²) in [5.74, 6) is -1.83. The molecule has 0 radical (unpaired) electrons. The Hall–Kier alpha value is -2.88. The predicted molar refractivity (Wildman–Crippen MR) is 92.3 cm³/mol. The molecule has 1 aliphatic carbocycles. The number of likely N-dealkylation sites (tertiary alicyclic amines) is 1. The van der Waals surface area contributed by atoms with Crippen LogP contribution >= 0.6 is 0 Å². The molecule has 0 spiro atoms. The van der Waals surface area contributed by atoms with Crippen molar-refractivity contribution in [3.63, 3.8) is 0 Å². The maximum atomic E-state index is 12.4. The Kier molecular flexibility index (Phi) is 5.16. The number of hydrogen-bond acceptors (Lipinski definition) is 5. The molecule has 2 aliphatic rings. The molecular weight excluding hydrogens is 399 g/mol. The van der Waals surface area contributed by atoms with E-state index < -0.39 is 27.3 Å². The average Bonchev–Trinajstić information content (AvgIpc) is 2.80. The zero-order valence-electron chi connectivity index (χ0n) is 14.2. The van der Waals surface area contributed by atoms with Crippen LogP contribution in [0.3, 0.4) is 0 Å². The van der Waals surface area contributed by atoms with E-state index in [9.17, 15) is 31.2 Å². The number of hydrogen-bond donors (Lipinski definition) is 0. The Balaban J connectivity index is 1.65. The van der Waals surface area contributed by atoms with Crippen molar-refractivity contribution in [2.45, 2.75) is 11.9 Å². The summed E-state index contributed by atoms with van der Waals surface area (Å²) in [6.07, 6.45) is 8.58. The molecule has 0 bridgehead atoms. The highest BCUT2D eigenvalue weighted by Gasteiger charge is 2.48. The summed E-state index contributed by atoms with van der Waals surface area (Å²) < 4.78 is 62.9. The van der Waals surface area contributed by atoms with Crippen LogP contribution in [-0.2, 0) is 26.1 Å². The molecule has 1 aromatic rings. The number of fused-ring (bicyclic) bond motifs is 1. The van der Waals surface area contributed by atoms with Crippen LogP contribution in [0.4, 0.5) is 13.2 Å². The van der Waals surface area contributed by atoms with E-state index in [1.165, 1.54) is 12.1 Å². The first-order valence-electron chi connectivity index (χ1n) is 8.10. The van der Waals surface area contributed by atoms with E-state index in [0.29, 0.717) is 11.1 Å². The number of rotatable bonds is 5. The maximum Gasteiger partial charge on any atom is 0.534 e. The zero-order chi connectivity index (χ0) is 20.5. The van der Waals surface area contributed by atoms with Gasteiger partial charge >= 0.3 is 15.6 Å². The summed E-state index contributed by atoms with van der Waals surface area (Å²) >= 11 is 0. The van der Waals surface area contributed by atoms with Gasteiger partial charge in [-0.3, -0.25) is 14.5 Å². The number of allylic oxidation sites excluding steroid dienone is 4. The van der Waals surface area contributed by atoms with Crippen LogP contribution in [0, 0.1) is 5.92 Å². The van der Waals surface area contributed by atoms with Crippen molar-refractivity contribution in [2.24, 2.45) is 5.92 Å². The SMILES string of the molecule is O=C1C2=CC=CC=CC2C(=O)N1CCc1ccc(OS(=O)(=O)C(F)(F)F)cc1. The first-order chi connectivity index (χ1) is 13.1. The van der Waals surface area contributed by atoms with Gasteiger partial charge in [0.15, 0.2) is 0 Å². The topological polar surface area (TPSA) is 80.8 Å². The van der Waals surface area contributed by atoms with Gasteiger partial charge in [-0.15, -0.1) is 0 Å². The van der Waals surface area contributed by atoms with Gasteiger partial charge in [-0.1, -0.05) is 42.5 Å². The van der Waals surface area contributed by atoms with E-state index in [2.05, 4.69) is 4.18 Å². The summed E-state index contributed by atoms with van der Waals surface area (Å²) in [6.45, 7) is 0.0874. The molecular formula is C18H14F3NO5S. The van der Waals surface area contributed by atoms with Gasteiger partial charge in [0.25, 0.3) is 5.91 Å². The van der Waals surface area contributed by atoms with Crippen LogP contribution < -0.4 is 4.18 Å². The van der Waals surface area contributed by atoms with Crippen molar-refractivity contribution in [3.05, 3.63) is 65.8 Å². The van der Waals surface area contributed by atoms with Crippen molar-refractivity contribution in [2.75, 3.05) is 6.54 Å². The number of alkyl halides is 3. The maximum absolute atomic E-state index is 12.4. The average molecular weight is 413 g/mol. The lowest BCUT2D eigenvalue weighted by molar-refractivity contribution is -0.138. The van der Waals surface area contributed by atoms with Gasteiger partial charge < -0.3 is 4.18 Å². The number of nitrogens with zero attached hydrogens (tertiary/aromatic N) is 1. The molecule has 2 amide bonds. The number of amides is 2. The first-order valence-corrected chi connectivity index (χ1v) is 9.51. The van der Waals surface area contributed by atoms with Crippen LogP contribution in [0.25, 0.3) is 0 Å². The second-order valence-electron chi connectivity index (χ2n) is 6.04. The van der Waals surface area contributed by atoms with Crippen LogP contribution in [0.5, 0.6) is 5.75 Å². The van der Waals surface area contributed by atoms with E-state index in [1.54, 1.807) is 30.4 Å². The third-order valence-electron chi connectivity index (χ3n) is 4.20. The van der Waals surface area contributed by atoms with E-state index in [4.69, 9.17) is 0 Å². The minimum absolute atomic E-state index is 0.0874. The van der Waals surface area contributed by atoms with Gasteiger partial charge in [-0.25, -0.2) is 0 Å². The molecule has 1 saturated heterocycles. The molecule has 3 rings (SSSR count). The van der Waals surface area contributed by atoms with Crippen molar-refractivity contribution < 1.29 is 35.4 Å². The van der Waals surface area contributed by atoms with Crippen LogP contribution in [0.1, 0.15) is 5.56 Å². The quantitative estimate of drug-likeness (QED) is 0.421. The highest BCUT2D eigenvalue weighted by Crippen LogP contribution is 2.29. The molecule has 10 heteroatoms. The lowest BCUT2D eigenvalue weighted by Crippen LogP contribution is -2.32. The van der Waals surface area contributed by atoms with Crippen LogP contribution in [-0.4, -0.2) is 37.2 Å². The van der Waals surface area contributed by atoms with Gasteiger partial charge in [-0.05, 0) is 24.1 Å². The monoisotopic (exact) mass is 413 g/mol. The minimum Gasteiger partial charge on any atom is -0.376 e. The second kappa shape index (κ2) is 7.27. The van der Waals surface area contributed by atoms with E-state index in [-0.39, 0.29) is 24.8 Å². The van der Waals surface area contributed by atoms with Gasteiger partial charge in [0.2, 0.25) is 5.91 Å². The third-order valence-corrected chi connectivity index (χ3v) is 5.18. The van der Waals surface area contributed by atoms with Crippen molar-refractivity contribution in [1.29, 1.82) is 0 Å². The largest absolute Gasteiger partial charge is 0.534 e. The highest BCUT2D eigenvalue weighted by molar-refractivity contribution is 7.88. The van der Waals surface area contributed by atoms with Crippen LogP contribution in [0.2, 0.25) is 0 Å². The molecule has 1 heterocycles. The molecule has 6 nitrogen and oxygen atoms in total. The molecule has 28 heavy (non-hydrogen) atoms. The predicted octanol–water partition coefficient (Wildman–Crippen LogP) is 2.49. The van der Waals surface area contributed by atoms with E-state index in [0.717, 1.165) is 17.0 Å². The Morgan fingerprint density at radius 1 is 1.04 bits per heavy atom. The summed E-state index contributed by atoms with van der Waals surface area (Å²) in [4.78, 5) is 25.9. The smallest absolute Gasteiger partial charge is 0.376 e. The molecule has 0 aromatic heterocycles. The molecule has 1 atom stereocenters. The van der Waals surface area contributed by atoms with Gasteiger partial charge in [0.1, 0.15) is 5.75 Å². The lowest BCUT2D eigenvalue weighted by Gasteiger charge is -2.14. The summed E-state index contributed by atoms with van der Waals surface area (Å²) in [7, 11) is -5.73. The van der Waals surface area contributed by atoms with Gasteiger partial charge in [0.05, 0.1) is 5.92 Å². The van der Waals surface area contributed by atoms with Crippen LogP contribution in [0.15, 0.2) is 60.2 Å². The van der Waals surface area contributed by atoms with Crippen molar-refractivity contribution >= 4 is 21.9 Å². The van der Waals surface area contributed by atoms with Gasteiger partial charge in [-0.2, -0.15) is 21.6 Å². The van der Waals surface area contributed by atoms with Crippen molar-refractivity contribution in [1.82, 2.24) is 4.90 Å². The normalized spacial score (nSPS) is 19.5. The minimum atomic E-state index is -5.73. The van der Waals surface area contributed by atoms with E-state index >= 15 is 0 Å². The second-order valence-corrected chi connectivity index (χ2v) is 7.58. The molecule has 0 saturated carbocycles. The Bertz CT molecular complexity index is 991. The highest BCUT2D eigenvalue weighted by atomic mass is 32.2. The van der Waals surface area contributed by atoms with Crippen molar-refractivity contribution in [3.8, 4) is 5.75 Å². The van der Waals surface area contributed by atoms with Gasteiger partial charge in [0, 0.05) is 12.1 Å².